The number of rotatable bonds is 4. The number of nitrogens with two attached hydrogens (primary N) is 1. The predicted molar refractivity (Wildman–Crippen MR) is 57.7 cm³/mol. The Morgan fingerprint density at radius 3 is 2.50 bits per heavy atom. The molecule has 0 atom stereocenters. The molecule has 2 N–H and O–H groups in total. The fourth-order valence-corrected chi connectivity index (χ4v) is 2.29. The second-order valence-corrected chi connectivity index (χ2v) is 4.21. The van der Waals surface area contributed by atoms with E-state index in [-0.39, 0.29) is 11.2 Å². The summed E-state index contributed by atoms with van der Waals surface area (Å²) in [6.07, 6.45) is 3.00. The fourth-order valence-electron chi connectivity index (χ4n) is 2.29. The first-order chi connectivity index (χ1) is 7.68. The average molecular weight is 227 g/mol. The van der Waals surface area contributed by atoms with Gasteiger partial charge in [-0.05, 0) is 18.9 Å². The summed E-state index contributed by atoms with van der Waals surface area (Å²) in [4.78, 5) is 0. The zero-order chi connectivity index (χ0) is 11.6. The Hall–Kier alpha value is -1.16. The molecule has 0 radical (unpaired) electrons. The van der Waals surface area contributed by atoms with Gasteiger partial charge in [0.25, 0.3) is 0 Å². The van der Waals surface area contributed by atoms with Gasteiger partial charge in [0.05, 0.1) is 0 Å². The van der Waals surface area contributed by atoms with E-state index >= 15 is 0 Å². The molecule has 0 heterocycles. The van der Waals surface area contributed by atoms with Gasteiger partial charge in [-0.15, -0.1) is 0 Å². The molecule has 1 fully saturated rings. The molecule has 0 saturated heterocycles. The quantitative estimate of drug-likeness (QED) is 0.858. The highest BCUT2D eigenvalue weighted by molar-refractivity contribution is 5.41. The molecule has 1 aliphatic rings. The van der Waals surface area contributed by atoms with E-state index in [4.69, 9.17) is 5.73 Å². The molecule has 1 saturated carbocycles. The lowest BCUT2D eigenvalue weighted by molar-refractivity contribution is -0.0515. The van der Waals surface area contributed by atoms with Gasteiger partial charge in [0.15, 0.2) is 0 Å². The third-order valence-electron chi connectivity index (χ3n) is 3.38. The summed E-state index contributed by atoms with van der Waals surface area (Å²) in [6.45, 7) is -2.30. The molecule has 2 nitrogen and oxygen atoms in total. The van der Waals surface area contributed by atoms with E-state index in [0.717, 1.165) is 24.8 Å². The highest BCUT2D eigenvalue weighted by Crippen LogP contribution is 2.46. The van der Waals surface area contributed by atoms with Crippen LogP contribution in [-0.4, -0.2) is 13.2 Å². The normalized spacial score (nSPS) is 18.2. The maximum absolute atomic E-state index is 12.3. The SMILES string of the molecule is NCC1(c2ccccc2OC(F)F)CCC1. The highest BCUT2D eigenvalue weighted by Gasteiger charge is 2.39. The van der Waals surface area contributed by atoms with Crippen LogP contribution in [0.5, 0.6) is 5.75 Å². The third-order valence-corrected chi connectivity index (χ3v) is 3.38. The molecule has 1 aromatic rings. The summed E-state index contributed by atoms with van der Waals surface area (Å²) in [5.74, 6) is 0.266. The van der Waals surface area contributed by atoms with Crippen LogP contribution in [0.3, 0.4) is 0 Å². The molecule has 4 heteroatoms. The third kappa shape index (κ3) is 1.89. The summed E-state index contributed by atoms with van der Waals surface area (Å²) in [6, 6.07) is 6.95. The Bertz CT molecular complexity index is 358. The van der Waals surface area contributed by atoms with Crippen LogP contribution < -0.4 is 10.5 Å². The molecule has 0 aliphatic heterocycles. The Balaban J connectivity index is 2.32. The monoisotopic (exact) mass is 227 g/mol. The van der Waals surface area contributed by atoms with Gasteiger partial charge in [0.2, 0.25) is 0 Å². The predicted octanol–water partition coefficient (Wildman–Crippen LogP) is 2.67. The van der Waals surface area contributed by atoms with E-state index in [1.165, 1.54) is 0 Å². The van der Waals surface area contributed by atoms with E-state index in [2.05, 4.69) is 4.74 Å². The zero-order valence-corrected chi connectivity index (χ0v) is 8.96. The summed E-state index contributed by atoms with van der Waals surface area (Å²) in [5.41, 5.74) is 6.43. The van der Waals surface area contributed by atoms with Crippen LogP contribution in [0, 0.1) is 0 Å². The number of benzene rings is 1. The largest absolute Gasteiger partial charge is 0.435 e. The van der Waals surface area contributed by atoms with Gasteiger partial charge >= 0.3 is 6.61 Å². The minimum Gasteiger partial charge on any atom is -0.435 e. The van der Waals surface area contributed by atoms with Crippen molar-refractivity contribution >= 4 is 0 Å². The molecular weight excluding hydrogens is 212 g/mol. The van der Waals surface area contributed by atoms with E-state index < -0.39 is 6.61 Å². The topological polar surface area (TPSA) is 35.2 Å². The molecule has 2 rings (SSSR count). The standard InChI is InChI=1S/C12H15F2NO/c13-11(14)16-10-5-2-1-4-9(10)12(8-15)6-3-7-12/h1-2,4-5,11H,3,6-8,15H2. The minimum absolute atomic E-state index is 0.147. The molecule has 1 aliphatic carbocycles. The van der Waals surface area contributed by atoms with Crippen molar-refractivity contribution in [2.75, 3.05) is 6.54 Å². The molecule has 0 bridgehead atoms. The van der Waals surface area contributed by atoms with Crippen LogP contribution >= 0.6 is 0 Å². The molecule has 0 amide bonds. The van der Waals surface area contributed by atoms with Crippen molar-refractivity contribution < 1.29 is 13.5 Å². The maximum atomic E-state index is 12.3. The van der Waals surface area contributed by atoms with Gasteiger partial charge < -0.3 is 10.5 Å². The number of hydrogen-bond acceptors (Lipinski definition) is 2. The number of halogens is 2. The molecule has 0 unspecified atom stereocenters. The van der Waals surface area contributed by atoms with Crippen molar-refractivity contribution in [3.05, 3.63) is 29.8 Å². The van der Waals surface area contributed by atoms with Gasteiger partial charge in [0.1, 0.15) is 5.75 Å². The van der Waals surface area contributed by atoms with E-state index in [1.807, 2.05) is 12.1 Å². The van der Waals surface area contributed by atoms with Crippen molar-refractivity contribution in [2.45, 2.75) is 31.3 Å². The van der Waals surface area contributed by atoms with Gasteiger partial charge in [-0.1, -0.05) is 24.6 Å². The second kappa shape index (κ2) is 4.37. The Kier molecular flexibility index (Phi) is 3.10. The maximum Gasteiger partial charge on any atom is 0.387 e. The average Bonchev–Trinajstić information content (AvgIpc) is 2.19. The molecule has 88 valence electrons. The second-order valence-electron chi connectivity index (χ2n) is 4.21. The van der Waals surface area contributed by atoms with Crippen LogP contribution in [0.4, 0.5) is 8.78 Å². The highest BCUT2D eigenvalue weighted by atomic mass is 19.3. The van der Waals surface area contributed by atoms with Crippen LogP contribution in [0.15, 0.2) is 24.3 Å². The number of alkyl halides is 2. The summed E-state index contributed by atoms with van der Waals surface area (Å²) >= 11 is 0. The van der Waals surface area contributed by atoms with Crippen LogP contribution in [-0.2, 0) is 5.41 Å². The summed E-state index contributed by atoms with van der Waals surface area (Å²) in [7, 11) is 0. The summed E-state index contributed by atoms with van der Waals surface area (Å²) < 4.78 is 29.1. The minimum atomic E-state index is -2.78. The Morgan fingerprint density at radius 1 is 1.31 bits per heavy atom. The van der Waals surface area contributed by atoms with Gasteiger partial charge in [0, 0.05) is 17.5 Å². The number of ether oxygens (including phenoxy) is 1. The molecule has 16 heavy (non-hydrogen) atoms. The van der Waals surface area contributed by atoms with Crippen molar-refractivity contribution in [3.63, 3.8) is 0 Å². The summed E-state index contributed by atoms with van der Waals surface area (Å²) in [5, 5.41) is 0. The lowest BCUT2D eigenvalue weighted by atomic mass is 9.64. The van der Waals surface area contributed by atoms with Gasteiger partial charge in [-0.3, -0.25) is 0 Å². The lowest BCUT2D eigenvalue weighted by Crippen LogP contribution is -2.41. The van der Waals surface area contributed by atoms with Crippen molar-refractivity contribution in [2.24, 2.45) is 5.73 Å². The molecular formula is C12H15F2NO. The zero-order valence-electron chi connectivity index (χ0n) is 8.96. The van der Waals surface area contributed by atoms with E-state index in [9.17, 15) is 8.78 Å². The van der Waals surface area contributed by atoms with Crippen molar-refractivity contribution in [1.82, 2.24) is 0 Å². The molecule has 0 aromatic heterocycles. The van der Waals surface area contributed by atoms with Crippen molar-refractivity contribution in [1.29, 1.82) is 0 Å². The van der Waals surface area contributed by atoms with Crippen LogP contribution in [0.1, 0.15) is 24.8 Å². The van der Waals surface area contributed by atoms with Crippen LogP contribution in [0.2, 0.25) is 0 Å². The van der Waals surface area contributed by atoms with Gasteiger partial charge in [-0.2, -0.15) is 8.78 Å². The Labute approximate surface area is 93.4 Å². The lowest BCUT2D eigenvalue weighted by Gasteiger charge is -2.42. The number of para-hydroxylation sites is 1. The van der Waals surface area contributed by atoms with E-state index in [0.29, 0.717) is 6.54 Å². The van der Waals surface area contributed by atoms with E-state index in [1.54, 1.807) is 12.1 Å². The first kappa shape index (κ1) is 11.3. The smallest absolute Gasteiger partial charge is 0.387 e. The number of hydrogen-bond donors (Lipinski definition) is 1. The fraction of sp³-hybridized carbons (Fsp3) is 0.500. The molecule has 1 aromatic carbocycles. The first-order valence-corrected chi connectivity index (χ1v) is 5.42. The first-order valence-electron chi connectivity index (χ1n) is 5.42. The van der Waals surface area contributed by atoms with Crippen molar-refractivity contribution in [3.8, 4) is 5.75 Å². The van der Waals surface area contributed by atoms with Crippen LogP contribution in [0.25, 0.3) is 0 Å². The van der Waals surface area contributed by atoms with Gasteiger partial charge in [-0.25, -0.2) is 0 Å². The Morgan fingerprint density at radius 2 is 2.00 bits per heavy atom. The molecule has 0 spiro atoms.